The van der Waals surface area contributed by atoms with Crippen molar-refractivity contribution >= 4 is 17.3 Å². The summed E-state index contributed by atoms with van der Waals surface area (Å²) in [5, 5.41) is 3.04. The maximum atomic E-state index is 12.4. The number of para-hydroxylation sites is 2. The number of ether oxygens (including phenoxy) is 1. The fourth-order valence-electron chi connectivity index (χ4n) is 3.62. The Labute approximate surface area is 168 Å². The van der Waals surface area contributed by atoms with Crippen LogP contribution in [0.4, 0.5) is 11.4 Å². The number of anilines is 2. The average Bonchev–Trinajstić information content (AvgIpc) is 2.68. The molecule has 1 amide bonds. The van der Waals surface area contributed by atoms with E-state index < -0.39 is 0 Å². The van der Waals surface area contributed by atoms with Crippen molar-refractivity contribution < 1.29 is 14.4 Å². The zero-order valence-electron chi connectivity index (χ0n) is 17.4. The van der Waals surface area contributed by atoms with Crippen LogP contribution in [0.1, 0.15) is 26.3 Å². The Kier molecular flexibility index (Phi) is 6.25. The second kappa shape index (κ2) is 8.65. The molecular weight excluding hydrogens is 350 g/mol. The number of carbonyl (C=O) groups is 1. The summed E-state index contributed by atoms with van der Waals surface area (Å²) < 4.78 is 5.47. The first-order valence-corrected chi connectivity index (χ1v) is 9.99. The van der Waals surface area contributed by atoms with Gasteiger partial charge in [0.2, 0.25) is 0 Å². The number of amides is 1. The lowest BCUT2D eigenvalue weighted by molar-refractivity contribution is -0.892. The van der Waals surface area contributed by atoms with E-state index in [0.29, 0.717) is 6.54 Å². The molecule has 1 saturated heterocycles. The van der Waals surface area contributed by atoms with Crippen molar-refractivity contribution in [2.75, 3.05) is 50.1 Å². The van der Waals surface area contributed by atoms with E-state index >= 15 is 0 Å². The van der Waals surface area contributed by atoms with Gasteiger partial charge in [-0.2, -0.15) is 0 Å². The summed E-state index contributed by atoms with van der Waals surface area (Å²) in [5.74, 6) is 0.978. The molecular formula is C23H32N3O2+. The van der Waals surface area contributed by atoms with Crippen LogP contribution in [-0.2, 0) is 10.2 Å². The molecule has 0 atom stereocenters. The van der Waals surface area contributed by atoms with Crippen molar-refractivity contribution in [3.8, 4) is 5.75 Å². The van der Waals surface area contributed by atoms with Gasteiger partial charge in [-0.25, -0.2) is 0 Å². The number of rotatable bonds is 5. The highest BCUT2D eigenvalue weighted by molar-refractivity contribution is 5.91. The lowest BCUT2D eigenvalue weighted by atomic mass is 9.87. The molecule has 150 valence electrons. The molecule has 0 aliphatic carbocycles. The molecule has 28 heavy (non-hydrogen) atoms. The zero-order chi connectivity index (χ0) is 20.1. The van der Waals surface area contributed by atoms with Gasteiger partial charge in [-0.1, -0.05) is 45.0 Å². The number of quaternary nitrogens is 1. The Morgan fingerprint density at radius 3 is 2.32 bits per heavy atom. The minimum Gasteiger partial charge on any atom is -0.495 e. The normalized spacial score (nSPS) is 15.4. The van der Waals surface area contributed by atoms with Gasteiger partial charge in [0.05, 0.1) is 39.0 Å². The zero-order valence-corrected chi connectivity index (χ0v) is 17.4. The third-order valence-electron chi connectivity index (χ3n) is 5.34. The van der Waals surface area contributed by atoms with Crippen LogP contribution in [0.5, 0.6) is 5.75 Å². The lowest BCUT2D eigenvalue weighted by Crippen LogP contribution is -3.15. The molecule has 1 fully saturated rings. The summed E-state index contributed by atoms with van der Waals surface area (Å²) in [6, 6.07) is 16.3. The van der Waals surface area contributed by atoms with Crippen LogP contribution in [0.25, 0.3) is 0 Å². The summed E-state index contributed by atoms with van der Waals surface area (Å²) in [6.07, 6.45) is 0. The minimum atomic E-state index is 0.0734. The van der Waals surface area contributed by atoms with Crippen molar-refractivity contribution in [1.29, 1.82) is 0 Å². The van der Waals surface area contributed by atoms with Crippen molar-refractivity contribution in [3.63, 3.8) is 0 Å². The smallest absolute Gasteiger partial charge is 0.279 e. The van der Waals surface area contributed by atoms with Gasteiger partial charge in [0.1, 0.15) is 5.75 Å². The number of hydrogen-bond donors (Lipinski definition) is 2. The van der Waals surface area contributed by atoms with Crippen molar-refractivity contribution in [1.82, 2.24) is 0 Å². The van der Waals surface area contributed by atoms with Crippen LogP contribution in [0, 0.1) is 0 Å². The summed E-state index contributed by atoms with van der Waals surface area (Å²) in [5.41, 5.74) is 3.38. The van der Waals surface area contributed by atoms with Crippen LogP contribution in [0.15, 0.2) is 48.5 Å². The molecule has 1 aliphatic heterocycles. The molecule has 1 aliphatic rings. The number of hydrogen-bond acceptors (Lipinski definition) is 3. The van der Waals surface area contributed by atoms with Crippen molar-refractivity contribution in [2.45, 2.75) is 26.2 Å². The monoisotopic (exact) mass is 382 g/mol. The van der Waals surface area contributed by atoms with Gasteiger partial charge in [0.25, 0.3) is 5.91 Å². The summed E-state index contributed by atoms with van der Waals surface area (Å²) >= 11 is 0. The molecule has 0 spiro atoms. The predicted octanol–water partition coefficient (Wildman–Crippen LogP) is 2.34. The number of methoxy groups -OCH3 is 1. The van der Waals surface area contributed by atoms with E-state index in [1.807, 2.05) is 30.3 Å². The molecule has 2 N–H and O–H groups in total. The number of piperazine rings is 1. The Hall–Kier alpha value is -2.53. The molecule has 5 heteroatoms. The van der Waals surface area contributed by atoms with Crippen LogP contribution in [-0.4, -0.2) is 45.7 Å². The summed E-state index contributed by atoms with van der Waals surface area (Å²) in [4.78, 5) is 16.1. The van der Waals surface area contributed by atoms with Crippen LogP contribution >= 0.6 is 0 Å². The molecule has 0 bridgehead atoms. The Bertz CT molecular complexity index is 788. The molecule has 0 aromatic heterocycles. The first-order valence-electron chi connectivity index (χ1n) is 9.99. The SMILES string of the molecule is COc1ccccc1N1CC[NH+](CC(=O)Nc2ccc(C(C)(C)C)cc2)CC1. The molecule has 0 radical (unpaired) electrons. The summed E-state index contributed by atoms with van der Waals surface area (Å²) in [6.45, 7) is 10.8. The fraction of sp³-hybridized carbons (Fsp3) is 0.435. The third-order valence-corrected chi connectivity index (χ3v) is 5.34. The number of benzene rings is 2. The van der Waals surface area contributed by atoms with E-state index in [0.717, 1.165) is 43.3 Å². The predicted molar refractivity (Wildman–Crippen MR) is 115 cm³/mol. The Morgan fingerprint density at radius 1 is 1.07 bits per heavy atom. The summed E-state index contributed by atoms with van der Waals surface area (Å²) in [7, 11) is 1.71. The van der Waals surface area contributed by atoms with Crippen molar-refractivity contribution in [3.05, 3.63) is 54.1 Å². The highest BCUT2D eigenvalue weighted by atomic mass is 16.5. The van der Waals surface area contributed by atoms with E-state index in [1.54, 1.807) is 7.11 Å². The van der Waals surface area contributed by atoms with Gasteiger partial charge in [-0.15, -0.1) is 0 Å². The molecule has 0 saturated carbocycles. The van der Waals surface area contributed by atoms with Crippen LogP contribution in [0.3, 0.4) is 0 Å². The molecule has 2 aromatic carbocycles. The lowest BCUT2D eigenvalue weighted by Gasteiger charge is -2.34. The van der Waals surface area contributed by atoms with Crippen molar-refractivity contribution in [2.24, 2.45) is 0 Å². The highest BCUT2D eigenvalue weighted by Gasteiger charge is 2.24. The van der Waals surface area contributed by atoms with Gasteiger partial charge < -0.3 is 19.9 Å². The maximum Gasteiger partial charge on any atom is 0.279 e. The Balaban J connectivity index is 1.50. The van der Waals surface area contributed by atoms with Crippen LogP contribution in [0.2, 0.25) is 0 Å². The second-order valence-electron chi connectivity index (χ2n) is 8.46. The number of nitrogens with one attached hydrogen (secondary N) is 2. The van der Waals surface area contributed by atoms with Gasteiger partial charge in [0, 0.05) is 5.69 Å². The van der Waals surface area contributed by atoms with E-state index in [1.165, 1.54) is 10.5 Å². The largest absolute Gasteiger partial charge is 0.495 e. The molecule has 1 heterocycles. The van der Waals surface area contributed by atoms with Gasteiger partial charge in [-0.05, 0) is 35.2 Å². The quantitative estimate of drug-likeness (QED) is 0.834. The Morgan fingerprint density at radius 2 is 1.71 bits per heavy atom. The molecule has 2 aromatic rings. The first-order chi connectivity index (χ1) is 13.4. The third kappa shape index (κ3) is 5.04. The maximum absolute atomic E-state index is 12.4. The van der Waals surface area contributed by atoms with E-state index in [2.05, 4.69) is 49.2 Å². The minimum absolute atomic E-state index is 0.0734. The van der Waals surface area contributed by atoms with Gasteiger partial charge >= 0.3 is 0 Å². The number of nitrogens with zero attached hydrogens (tertiary/aromatic N) is 1. The topological polar surface area (TPSA) is 46.0 Å². The first kappa shape index (κ1) is 20.2. The van der Waals surface area contributed by atoms with E-state index in [4.69, 9.17) is 4.74 Å². The van der Waals surface area contributed by atoms with E-state index in [9.17, 15) is 4.79 Å². The molecule has 5 nitrogen and oxygen atoms in total. The fourth-order valence-corrected chi connectivity index (χ4v) is 3.62. The molecule has 3 rings (SSSR count). The number of carbonyl (C=O) groups excluding carboxylic acids is 1. The highest BCUT2D eigenvalue weighted by Crippen LogP contribution is 2.27. The molecule has 0 unspecified atom stereocenters. The van der Waals surface area contributed by atoms with E-state index in [-0.39, 0.29) is 11.3 Å². The second-order valence-corrected chi connectivity index (χ2v) is 8.46. The standard InChI is InChI=1S/C23H31N3O2/c1-23(2,3)18-9-11-19(12-10-18)24-22(27)17-25-13-15-26(16-14-25)20-7-5-6-8-21(20)28-4/h5-12H,13-17H2,1-4H3,(H,24,27)/p+1. The van der Waals surface area contributed by atoms with Crippen LogP contribution < -0.4 is 19.9 Å². The van der Waals surface area contributed by atoms with Gasteiger partial charge in [0.15, 0.2) is 6.54 Å². The van der Waals surface area contributed by atoms with Gasteiger partial charge in [-0.3, -0.25) is 4.79 Å². The average molecular weight is 383 g/mol.